The summed E-state index contributed by atoms with van der Waals surface area (Å²) in [6.45, 7) is 2.88. The third-order valence-corrected chi connectivity index (χ3v) is 5.01. The molecule has 1 aliphatic carbocycles. The molecule has 5 nitrogen and oxygen atoms in total. The van der Waals surface area contributed by atoms with Gasteiger partial charge in [0, 0.05) is 18.1 Å². The third kappa shape index (κ3) is 3.44. The van der Waals surface area contributed by atoms with Crippen molar-refractivity contribution in [2.24, 2.45) is 11.8 Å². The van der Waals surface area contributed by atoms with E-state index in [1.165, 1.54) is 5.56 Å². The van der Waals surface area contributed by atoms with Gasteiger partial charge in [-0.1, -0.05) is 24.6 Å². The van der Waals surface area contributed by atoms with Gasteiger partial charge in [0.15, 0.2) is 0 Å². The molecule has 6 heteroatoms. The Morgan fingerprint density at radius 1 is 1.35 bits per heavy atom. The molecule has 0 saturated carbocycles. The number of piperidine rings is 1. The average molecular weight is 337 g/mol. The van der Waals surface area contributed by atoms with Crippen molar-refractivity contribution in [2.75, 3.05) is 13.1 Å². The number of likely N-dealkylation sites (tertiary alicyclic amines) is 1. The molecule has 124 valence electrons. The molecule has 2 N–H and O–H groups in total. The monoisotopic (exact) mass is 336 g/mol. The lowest BCUT2D eigenvalue weighted by molar-refractivity contribution is -0.143. The number of nitrogens with zero attached hydrogens (tertiary/aromatic N) is 1. The number of aryl methyl sites for hydroxylation is 1. The van der Waals surface area contributed by atoms with Crippen molar-refractivity contribution in [2.45, 2.75) is 32.2 Å². The van der Waals surface area contributed by atoms with Crippen molar-refractivity contribution in [3.05, 3.63) is 34.3 Å². The fourth-order valence-electron chi connectivity index (χ4n) is 3.67. The summed E-state index contributed by atoms with van der Waals surface area (Å²) in [5.74, 6) is -1.10. The summed E-state index contributed by atoms with van der Waals surface area (Å²) < 4.78 is 0. The van der Waals surface area contributed by atoms with E-state index in [0.29, 0.717) is 18.0 Å². The number of hydrogen-bond donors (Lipinski definition) is 2. The highest BCUT2D eigenvalue weighted by Crippen LogP contribution is 2.33. The van der Waals surface area contributed by atoms with E-state index in [0.717, 1.165) is 18.4 Å². The molecule has 1 aromatic carbocycles. The molecule has 1 aliphatic heterocycles. The molecule has 1 heterocycles. The van der Waals surface area contributed by atoms with Crippen LogP contribution in [0.2, 0.25) is 5.02 Å². The molecule has 2 aliphatic rings. The van der Waals surface area contributed by atoms with Gasteiger partial charge in [-0.05, 0) is 48.4 Å². The van der Waals surface area contributed by atoms with Crippen LogP contribution in [0.5, 0.6) is 0 Å². The Balaban J connectivity index is 1.67. The molecule has 2 amide bonds. The van der Waals surface area contributed by atoms with E-state index in [4.69, 9.17) is 11.6 Å². The Morgan fingerprint density at radius 2 is 2.13 bits per heavy atom. The molecule has 1 saturated heterocycles. The summed E-state index contributed by atoms with van der Waals surface area (Å²) in [7, 11) is 0. The number of hydrogen-bond acceptors (Lipinski definition) is 2. The first-order valence-electron chi connectivity index (χ1n) is 8.00. The summed E-state index contributed by atoms with van der Waals surface area (Å²) in [5, 5.41) is 13.0. The van der Waals surface area contributed by atoms with Crippen molar-refractivity contribution in [1.29, 1.82) is 0 Å². The quantitative estimate of drug-likeness (QED) is 0.872. The van der Waals surface area contributed by atoms with Gasteiger partial charge in [-0.15, -0.1) is 0 Å². The van der Waals surface area contributed by atoms with Gasteiger partial charge in [0.25, 0.3) is 0 Å². The Bertz CT molecular complexity index is 634. The normalized spacial score (nSPS) is 26.7. The van der Waals surface area contributed by atoms with Crippen LogP contribution < -0.4 is 5.32 Å². The minimum Gasteiger partial charge on any atom is -0.481 e. The van der Waals surface area contributed by atoms with Crippen LogP contribution >= 0.6 is 11.6 Å². The van der Waals surface area contributed by atoms with Gasteiger partial charge in [-0.25, -0.2) is 4.79 Å². The number of aliphatic carboxylic acids is 1. The topological polar surface area (TPSA) is 69.6 Å². The largest absolute Gasteiger partial charge is 0.481 e. The lowest BCUT2D eigenvalue weighted by atomic mass is 9.91. The molecular weight excluding hydrogens is 316 g/mol. The fraction of sp³-hybridized carbons (Fsp3) is 0.529. The van der Waals surface area contributed by atoms with E-state index >= 15 is 0 Å². The predicted molar refractivity (Wildman–Crippen MR) is 87.5 cm³/mol. The Hall–Kier alpha value is -1.75. The van der Waals surface area contributed by atoms with Gasteiger partial charge < -0.3 is 15.3 Å². The van der Waals surface area contributed by atoms with Crippen molar-refractivity contribution >= 4 is 23.6 Å². The van der Waals surface area contributed by atoms with Crippen LogP contribution in [0.4, 0.5) is 4.79 Å². The van der Waals surface area contributed by atoms with E-state index < -0.39 is 11.9 Å². The number of amides is 2. The molecule has 0 spiro atoms. The minimum absolute atomic E-state index is 0.0183. The maximum absolute atomic E-state index is 12.5. The Labute approximate surface area is 140 Å². The lowest BCUT2D eigenvalue weighted by Gasteiger charge is -2.35. The number of carbonyl (C=O) groups is 2. The van der Waals surface area contributed by atoms with Crippen molar-refractivity contribution in [1.82, 2.24) is 10.2 Å². The predicted octanol–water partition coefficient (Wildman–Crippen LogP) is 3.08. The first-order chi connectivity index (χ1) is 10.9. The van der Waals surface area contributed by atoms with Crippen LogP contribution in [0.1, 0.15) is 36.9 Å². The highest BCUT2D eigenvalue weighted by Gasteiger charge is 2.33. The van der Waals surface area contributed by atoms with E-state index in [9.17, 15) is 14.7 Å². The molecule has 1 aromatic rings. The van der Waals surface area contributed by atoms with Crippen LogP contribution in [-0.2, 0) is 11.2 Å². The molecule has 0 bridgehead atoms. The van der Waals surface area contributed by atoms with Crippen LogP contribution in [0, 0.1) is 11.8 Å². The van der Waals surface area contributed by atoms with Gasteiger partial charge in [-0.3, -0.25) is 4.79 Å². The number of carbonyl (C=O) groups excluding carboxylic acids is 1. The minimum atomic E-state index is -0.824. The van der Waals surface area contributed by atoms with Gasteiger partial charge in [-0.2, -0.15) is 0 Å². The molecule has 3 unspecified atom stereocenters. The number of carboxylic acid groups (broad SMARTS) is 1. The second-order valence-corrected chi connectivity index (χ2v) is 7.10. The van der Waals surface area contributed by atoms with Crippen LogP contribution in [-0.4, -0.2) is 35.1 Å². The number of halogens is 1. The Kier molecular flexibility index (Phi) is 4.48. The summed E-state index contributed by atoms with van der Waals surface area (Å²) in [6.07, 6.45) is 2.38. The first kappa shape index (κ1) is 16.1. The number of urea groups is 1. The van der Waals surface area contributed by atoms with E-state index in [2.05, 4.69) is 5.32 Å². The van der Waals surface area contributed by atoms with E-state index in [-0.39, 0.29) is 24.5 Å². The molecule has 1 fully saturated rings. The first-order valence-corrected chi connectivity index (χ1v) is 8.38. The summed E-state index contributed by atoms with van der Waals surface area (Å²) in [4.78, 5) is 25.4. The Morgan fingerprint density at radius 3 is 2.87 bits per heavy atom. The van der Waals surface area contributed by atoms with E-state index in [1.807, 2.05) is 25.1 Å². The zero-order valence-electron chi connectivity index (χ0n) is 13.1. The van der Waals surface area contributed by atoms with Crippen LogP contribution in [0.15, 0.2) is 18.2 Å². The third-order valence-electron chi connectivity index (χ3n) is 4.78. The highest BCUT2D eigenvalue weighted by molar-refractivity contribution is 6.30. The fourth-order valence-corrected chi connectivity index (χ4v) is 3.87. The molecule has 0 radical (unpaired) electrons. The van der Waals surface area contributed by atoms with Gasteiger partial charge in [0.05, 0.1) is 12.0 Å². The zero-order valence-corrected chi connectivity index (χ0v) is 13.8. The van der Waals surface area contributed by atoms with Gasteiger partial charge in [0.2, 0.25) is 0 Å². The average Bonchev–Trinajstić information content (AvgIpc) is 2.88. The molecule has 0 aromatic heterocycles. The maximum Gasteiger partial charge on any atom is 0.317 e. The second-order valence-electron chi connectivity index (χ2n) is 6.66. The van der Waals surface area contributed by atoms with Crippen molar-refractivity contribution in [3.63, 3.8) is 0 Å². The van der Waals surface area contributed by atoms with Crippen LogP contribution in [0.3, 0.4) is 0 Å². The van der Waals surface area contributed by atoms with Crippen molar-refractivity contribution in [3.8, 4) is 0 Å². The SMILES string of the molecule is CC1CC(C(=O)O)CN(C(=O)NC2CCc3cc(Cl)ccc32)C1. The van der Waals surface area contributed by atoms with E-state index in [1.54, 1.807) is 4.90 Å². The van der Waals surface area contributed by atoms with Crippen molar-refractivity contribution < 1.29 is 14.7 Å². The summed E-state index contributed by atoms with van der Waals surface area (Å²) in [6, 6.07) is 5.57. The number of carboxylic acids is 1. The van der Waals surface area contributed by atoms with Crippen LogP contribution in [0.25, 0.3) is 0 Å². The number of nitrogens with one attached hydrogen (secondary N) is 1. The lowest BCUT2D eigenvalue weighted by Crippen LogP contribution is -2.50. The molecule has 3 atom stereocenters. The van der Waals surface area contributed by atoms with Gasteiger partial charge in [0.1, 0.15) is 0 Å². The smallest absolute Gasteiger partial charge is 0.317 e. The summed E-state index contributed by atoms with van der Waals surface area (Å²) >= 11 is 6.01. The van der Waals surface area contributed by atoms with Gasteiger partial charge >= 0.3 is 12.0 Å². The second kappa shape index (κ2) is 6.40. The molecular formula is C17H21ClN2O3. The number of benzene rings is 1. The molecule has 3 rings (SSSR count). The highest BCUT2D eigenvalue weighted by atomic mass is 35.5. The number of fused-ring (bicyclic) bond motifs is 1. The standard InChI is InChI=1S/C17H21ClN2O3/c1-10-6-12(16(21)22)9-20(8-10)17(23)19-15-5-2-11-7-13(18)3-4-14(11)15/h3-4,7,10,12,15H,2,5-6,8-9H2,1H3,(H,19,23)(H,21,22). The molecule has 23 heavy (non-hydrogen) atoms. The number of rotatable bonds is 2. The zero-order chi connectivity index (χ0) is 16.6. The summed E-state index contributed by atoms with van der Waals surface area (Å²) in [5.41, 5.74) is 2.29. The maximum atomic E-state index is 12.5.